The summed E-state index contributed by atoms with van der Waals surface area (Å²) in [6, 6.07) is 4.94. The van der Waals surface area contributed by atoms with Crippen molar-refractivity contribution >= 4 is 0 Å². The first-order chi connectivity index (χ1) is 10.6. The second kappa shape index (κ2) is 4.19. The number of fused-ring (bicyclic) bond motifs is 2. The Hall–Kier alpha value is -1.22. The minimum atomic E-state index is 0.132. The third-order valence-electron chi connectivity index (χ3n) is 7.48. The highest BCUT2D eigenvalue weighted by Crippen LogP contribution is 2.73. The fraction of sp³-hybridized carbons (Fsp3) is 0.684. The number of phenolic OH excluding ortho intramolecular Hbond substituents is 2. The van der Waals surface area contributed by atoms with E-state index in [9.17, 15) is 10.2 Å². The summed E-state index contributed by atoms with van der Waals surface area (Å²) in [5, 5.41) is 23.3. The Kier molecular flexibility index (Phi) is 2.52. The monoisotopic (exact) mass is 299 g/mol. The number of hydrogen-bond acceptors (Lipinski definition) is 3. The van der Waals surface area contributed by atoms with Gasteiger partial charge in [-0.1, -0.05) is 6.07 Å². The third kappa shape index (κ3) is 1.66. The zero-order chi connectivity index (χ0) is 14.9. The number of phenols is 2. The van der Waals surface area contributed by atoms with Crippen molar-refractivity contribution in [2.24, 2.45) is 23.2 Å². The highest BCUT2D eigenvalue weighted by molar-refractivity contribution is 5.39. The third-order valence-corrected chi connectivity index (χ3v) is 7.48. The predicted molar refractivity (Wildman–Crippen MR) is 84.6 cm³/mol. The highest BCUT2D eigenvalue weighted by Gasteiger charge is 2.67. The van der Waals surface area contributed by atoms with E-state index in [0.29, 0.717) is 17.5 Å². The Morgan fingerprint density at radius 1 is 1.09 bits per heavy atom. The average molecular weight is 299 g/mol. The van der Waals surface area contributed by atoms with E-state index >= 15 is 0 Å². The van der Waals surface area contributed by atoms with Gasteiger partial charge < -0.3 is 15.5 Å². The van der Waals surface area contributed by atoms with Crippen LogP contribution >= 0.6 is 0 Å². The highest BCUT2D eigenvalue weighted by atomic mass is 16.3. The Balaban J connectivity index is 1.38. The Bertz CT molecular complexity index is 630. The lowest BCUT2D eigenvalue weighted by molar-refractivity contribution is 0.143. The fourth-order valence-electron chi connectivity index (χ4n) is 6.91. The minimum absolute atomic E-state index is 0.132. The molecule has 0 amide bonds. The lowest BCUT2D eigenvalue weighted by atomic mass is 9.71. The van der Waals surface area contributed by atoms with Crippen molar-refractivity contribution in [3.8, 4) is 11.5 Å². The lowest BCUT2D eigenvalue weighted by Crippen LogP contribution is -2.46. The van der Waals surface area contributed by atoms with E-state index in [4.69, 9.17) is 0 Å². The summed E-state index contributed by atoms with van der Waals surface area (Å²) in [6.45, 7) is 0.715. The van der Waals surface area contributed by atoms with E-state index in [1.807, 2.05) is 6.07 Å². The molecule has 5 rings (SSSR count). The van der Waals surface area contributed by atoms with E-state index in [1.165, 1.54) is 51.0 Å². The van der Waals surface area contributed by atoms with Gasteiger partial charge in [0.2, 0.25) is 0 Å². The van der Waals surface area contributed by atoms with Gasteiger partial charge in [0, 0.05) is 23.7 Å². The van der Waals surface area contributed by atoms with Gasteiger partial charge in [0.15, 0.2) is 0 Å². The van der Waals surface area contributed by atoms with Crippen molar-refractivity contribution in [3.63, 3.8) is 0 Å². The molecule has 3 N–H and O–H groups in total. The summed E-state index contributed by atoms with van der Waals surface area (Å²) >= 11 is 0. The van der Waals surface area contributed by atoms with Crippen molar-refractivity contribution in [2.45, 2.75) is 57.0 Å². The van der Waals surface area contributed by atoms with Crippen molar-refractivity contribution in [3.05, 3.63) is 23.8 Å². The topological polar surface area (TPSA) is 52.5 Å². The molecule has 0 saturated heterocycles. The molecule has 3 heteroatoms. The average Bonchev–Trinajstić information content (AvgIpc) is 3.00. The van der Waals surface area contributed by atoms with E-state index < -0.39 is 0 Å². The van der Waals surface area contributed by atoms with Crippen molar-refractivity contribution < 1.29 is 10.2 Å². The first kappa shape index (κ1) is 13.2. The van der Waals surface area contributed by atoms with Gasteiger partial charge in [-0.25, -0.2) is 0 Å². The summed E-state index contributed by atoms with van der Waals surface area (Å²) in [6.07, 6.45) is 9.95. The molecule has 4 aliphatic carbocycles. The van der Waals surface area contributed by atoms with E-state index in [-0.39, 0.29) is 11.5 Å². The molecule has 4 saturated carbocycles. The smallest absolute Gasteiger partial charge is 0.123 e. The predicted octanol–water partition coefficient (Wildman–Crippen LogP) is 3.55. The van der Waals surface area contributed by atoms with Crippen LogP contribution in [0.2, 0.25) is 0 Å². The van der Waals surface area contributed by atoms with Crippen LogP contribution in [0, 0.1) is 23.2 Å². The number of nitrogens with one attached hydrogen (secondary N) is 1. The van der Waals surface area contributed by atoms with Gasteiger partial charge in [-0.3, -0.25) is 0 Å². The maximum atomic E-state index is 10.0. The summed E-state index contributed by atoms with van der Waals surface area (Å²) in [7, 11) is 0. The first-order valence-electron chi connectivity index (χ1n) is 8.85. The molecular weight excluding hydrogens is 274 g/mol. The molecule has 4 fully saturated rings. The first-order valence-corrected chi connectivity index (χ1v) is 8.85. The minimum Gasteiger partial charge on any atom is -0.508 e. The number of benzene rings is 1. The van der Waals surface area contributed by atoms with E-state index in [0.717, 1.165) is 23.3 Å². The van der Waals surface area contributed by atoms with Crippen LogP contribution in [-0.2, 0) is 6.54 Å². The van der Waals surface area contributed by atoms with Gasteiger partial charge in [0.25, 0.3) is 0 Å². The molecule has 0 radical (unpaired) electrons. The lowest BCUT2D eigenvalue weighted by Gasteiger charge is -2.39. The van der Waals surface area contributed by atoms with Gasteiger partial charge in [-0.2, -0.15) is 0 Å². The van der Waals surface area contributed by atoms with Crippen LogP contribution in [0.5, 0.6) is 11.5 Å². The number of rotatable bonds is 3. The van der Waals surface area contributed by atoms with Gasteiger partial charge in [-0.05, 0) is 74.2 Å². The van der Waals surface area contributed by atoms with Crippen molar-refractivity contribution in [1.29, 1.82) is 0 Å². The number of aromatic hydroxyl groups is 2. The zero-order valence-electron chi connectivity index (χ0n) is 13.0. The molecule has 4 aliphatic rings. The Morgan fingerprint density at radius 3 is 2.82 bits per heavy atom. The fourth-order valence-corrected chi connectivity index (χ4v) is 6.91. The molecule has 22 heavy (non-hydrogen) atoms. The standard InChI is InChI=1S/C19H25NO2/c21-16-4-1-13(17(22)6-16)10-20-18-7-12-5-14-2-3-15(9-18)19(14,8-12)11-18/h1,4,6,12,14-15,20-22H,2-3,5,7-11H2. The molecule has 1 aromatic rings. The van der Waals surface area contributed by atoms with E-state index in [2.05, 4.69) is 5.32 Å². The van der Waals surface area contributed by atoms with Crippen LogP contribution in [-0.4, -0.2) is 15.8 Å². The molecule has 1 aromatic carbocycles. The maximum Gasteiger partial charge on any atom is 0.123 e. The summed E-state index contributed by atoms with van der Waals surface area (Å²) in [4.78, 5) is 0. The Labute approximate surface area is 131 Å². The van der Waals surface area contributed by atoms with Gasteiger partial charge >= 0.3 is 0 Å². The molecule has 5 unspecified atom stereocenters. The van der Waals surface area contributed by atoms with Gasteiger partial charge in [0.05, 0.1) is 0 Å². The maximum absolute atomic E-state index is 10.0. The largest absolute Gasteiger partial charge is 0.508 e. The van der Waals surface area contributed by atoms with Crippen LogP contribution < -0.4 is 5.32 Å². The molecule has 118 valence electrons. The second-order valence-corrected chi connectivity index (χ2v) is 8.54. The van der Waals surface area contributed by atoms with Crippen LogP contribution in [0.25, 0.3) is 0 Å². The Morgan fingerprint density at radius 2 is 1.95 bits per heavy atom. The molecular formula is C19H25NO2. The molecule has 5 atom stereocenters. The zero-order valence-corrected chi connectivity index (χ0v) is 13.0. The molecule has 0 heterocycles. The molecule has 1 spiro atoms. The number of hydrogen-bond donors (Lipinski definition) is 3. The van der Waals surface area contributed by atoms with Crippen molar-refractivity contribution in [2.75, 3.05) is 0 Å². The van der Waals surface area contributed by atoms with E-state index in [1.54, 1.807) is 6.07 Å². The quantitative estimate of drug-likeness (QED) is 0.800. The normalized spacial score (nSPS) is 44.6. The van der Waals surface area contributed by atoms with Crippen molar-refractivity contribution in [1.82, 2.24) is 5.32 Å². The van der Waals surface area contributed by atoms with Crippen LogP contribution in [0.3, 0.4) is 0 Å². The van der Waals surface area contributed by atoms with Crippen LogP contribution in [0.4, 0.5) is 0 Å². The van der Waals surface area contributed by atoms with Gasteiger partial charge in [-0.15, -0.1) is 0 Å². The molecule has 3 bridgehead atoms. The SMILES string of the molecule is Oc1ccc(CNC23CC4CC5CCC(C2)C5(C4)C3)c(O)c1. The second-order valence-electron chi connectivity index (χ2n) is 8.54. The summed E-state index contributed by atoms with van der Waals surface area (Å²) < 4.78 is 0. The summed E-state index contributed by atoms with van der Waals surface area (Å²) in [5.41, 5.74) is 1.89. The summed E-state index contributed by atoms with van der Waals surface area (Å²) in [5.74, 6) is 3.23. The molecule has 0 aromatic heterocycles. The molecule has 3 nitrogen and oxygen atoms in total. The van der Waals surface area contributed by atoms with Gasteiger partial charge in [0.1, 0.15) is 11.5 Å². The molecule has 0 aliphatic heterocycles. The van der Waals surface area contributed by atoms with Crippen LogP contribution in [0.15, 0.2) is 18.2 Å². The van der Waals surface area contributed by atoms with Crippen LogP contribution in [0.1, 0.15) is 50.5 Å².